The van der Waals surface area contributed by atoms with Crippen molar-refractivity contribution in [2.24, 2.45) is 0 Å². The van der Waals surface area contributed by atoms with Crippen LogP contribution < -0.4 is 0 Å². The third-order valence-electron chi connectivity index (χ3n) is 8.79. The highest BCUT2D eigenvalue weighted by atomic mass is 16.3. The van der Waals surface area contributed by atoms with Crippen molar-refractivity contribution in [3.8, 4) is 56.3 Å². The lowest BCUT2D eigenvalue weighted by molar-refractivity contribution is 0.476. The van der Waals surface area contributed by atoms with Crippen LogP contribution in [0, 0.1) is 0 Å². The van der Waals surface area contributed by atoms with Crippen LogP contribution in [0.2, 0.25) is 0 Å². The van der Waals surface area contributed by atoms with Gasteiger partial charge >= 0.3 is 0 Å². The quantitative estimate of drug-likeness (QED) is 0.212. The second-order valence-electron chi connectivity index (χ2n) is 11.6. The van der Waals surface area contributed by atoms with Gasteiger partial charge in [0.2, 0.25) is 0 Å². The van der Waals surface area contributed by atoms with Crippen LogP contribution in [0.15, 0.2) is 162 Å². The van der Waals surface area contributed by atoms with Gasteiger partial charge in [0.15, 0.2) is 0 Å². The molecule has 5 nitrogen and oxygen atoms in total. The van der Waals surface area contributed by atoms with Crippen molar-refractivity contribution >= 4 is 33.0 Å². The van der Waals surface area contributed by atoms with Crippen LogP contribution in [0.5, 0.6) is 5.75 Å². The average molecular weight is 606 g/mol. The molecular formula is C42H27N3O2. The van der Waals surface area contributed by atoms with E-state index in [0.717, 1.165) is 66.6 Å². The van der Waals surface area contributed by atoms with E-state index >= 15 is 0 Å². The summed E-state index contributed by atoms with van der Waals surface area (Å²) in [7, 11) is 0. The van der Waals surface area contributed by atoms with Crippen LogP contribution in [0.4, 0.5) is 0 Å². The molecule has 0 aliphatic heterocycles. The maximum Gasteiger partial charge on any atom is 0.149 e. The first-order chi connectivity index (χ1) is 23.2. The number of aromatic nitrogens is 3. The molecule has 0 fully saturated rings. The number of furan rings is 1. The molecule has 0 saturated carbocycles. The average Bonchev–Trinajstić information content (AvgIpc) is 3.70. The van der Waals surface area contributed by atoms with Gasteiger partial charge in [-0.1, -0.05) is 103 Å². The molecule has 0 amide bonds. The molecule has 0 aliphatic rings. The van der Waals surface area contributed by atoms with E-state index in [1.807, 2.05) is 66.9 Å². The molecule has 3 aromatic heterocycles. The van der Waals surface area contributed by atoms with Crippen LogP contribution in [0.1, 0.15) is 0 Å². The molecule has 5 heteroatoms. The first kappa shape index (κ1) is 26.9. The summed E-state index contributed by atoms with van der Waals surface area (Å²) in [5, 5.41) is 13.5. The van der Waals surface area contributed by atoms with Crippen LogP contribution in [0.25, 0.3) is 83.6 Å². The maximum absolute atomic E-state index is 11.6. The molecule has 3 heterocycles. The zero-order valence-corrected chi connectivity index (χ0v) is 25.2. The molecule has 0 radical (unpaired) electrons. The summed E-state index contributed by atoms with van der Waals surface area (Å²) in [6.45, 7) is 0. The van der Waals surface area contributed by atoms with E-state index in [2.05, 4.69) is 94.5 Å². The SMILES string of the molecule is Oc1cc2oc3ccccc3c2cc1-c1nc2c(-c3cccc(-c4ccccn4)c3)cccc2n1-c1ccccc1-c1ccccc1. The van der Waals surface area contributed by atoms with Crippen molar-refractivity contribution in [1.82, 2.24) is 14.5 Å². The summed E-state index contributed by atoms with van der Waals surface area (Å²) >= 11 is 0. The van der Waals surface area contributed by atoms with Gasteiger partial charge in [-0.2, -0.15) is 0 Å². The third kappa shape index (κ3) is 4.48. The summed E-state index contributed by atoms with van der Waals surface area (Å²) in [5.74, 6) is 0.741. The summed E-state index contributed by atoms with van der Waals surface area (Å²) in [5.41, 5.74) is 10.9. The highest BCUT2D eigenvalue weighted by Crippen LogP contribution is 2.42. The number of phenolic OH excluding ortho intramolecular Hbond substituents is 1. The Bertz CT molecular complexity index is 2580. The Morgan fingerprint density at radius 2 is 1.28 bits per heavy atom. The van der Waals surface area contributed by atoms with E-state index in [-0.39, 0.29) is 5.75 Å². The number of hydrogen-bond acceptors (Lipinski definition) is 4. The Hall–Kier alpha value is -6.46. The molecule has 9 aromatic rings. The molecule has 222 valence electrons. The minimum absolute atomic E-state index is 0.101. The molecule has 6 aromatic carbocycles. The Morgan fingerprint density at radius 1 is 0.532 bits per heavy atom. The van der Waals surface area contributed by atoms with Crippen LogP contribution in [-0.2, 0) is 0 Å². The van der Waals surface area contributed by atoms with Gasteiger partial charge in [0.1, 0.15) is 22.7 Å². The summed E-state index contributed by atoms with van der Waals surface area (Å²) in [6, 6.07) is 51.0. The van der Waals surface area contributed by atoms with Gasteiger partial charge in [0, 0.05) is 39.7 Å². The normalized spacial score (nSPS) is 11.5. The van der Waals surface area contributed by atoms with E-state index in [0.29, 0.717) is 17.0 Å². The Labute approximate surface area is 270 Å². The zero-order chi connectivity index (χ0) is 31.3. The molecule has 47 heavy (non-hydrogen) atoms. The number of para-hydroxylation sites is 3. The molecule has 0 unspecified atom stereocenters. The predicted octanol–water partition coefficient (Wildman–Crippen LogP) is 10.7. The summed E-state index contributed by atoms with van der Waals surface area (Å²) < 4.78 is 8.28. The van der Waals surface area contributed by atoms with Gasteiger partial charge in [-0.15, -0.1) is 0 Å². The Balaban J connectivity index is 1.35. The summed E-state index contributed by atoms with van der Waals surface area (Å²) in [6.07, 6.45) is 1.81. The van der Waals surface area contributed by atoms with E-state index in [4.69, 9.17) is 9.40 Å². The first-order valence-electron chi connectivity index (χ1n) is 15.6. The lowest BCUT2D eigenvalue weighted by Gasteiger charge is -2.15. The minimum atomic E-state index is 0.101. The van der Waals surface area contributed by atoms with Crippen LogP contribution in [0.3, 0.4) is 0 Å². The van der Waals surface area contributed by atoms with Gasteiger partial charge in [-0.25, -0.2) is 4.98 Å². The molecule has 0 spiro atoms. The maximum atomic E-state index is 11.6. The smallest absolute Gasteiger partial charge is 0.149 e. The highest BCUT2D eigenvalue weighted by molar-refractivity contribution is 6.07. The largest absolute Gasteiger partial charge is 0.507 e. The highest BCUT2D eigenvalue weighted by Gasteiger charge is 2.23. The van der Waals surface area contributed by atoms with E-state index in [1.165, 1.54) is 0 Å². The third-order valence-corrected chi connectivity index (χ3v) is 8.79. The number of imidazole rings is 1. The van der Waals surface area contributed by atoms with Crippen molar-refractivity contribution in [1.29, 1.82) is 0 Å². The number of pyridine rings is 1. The standard InChI is InChI=1S/C42H27N3O2/c46-38-26-40-33(32-17-5-7-22-39(32)47-40)25-34(38)42-44-41-31(28-14-10-15-29(24-28)35-19-8-9-23-43-35)18-11-21-37(41)45(42)36-20-6-4-16-30(36)27-12-2-1-3-13-27/h1-26,46H. The fourth-order valence-electron chi connectivity index (χ4n) is 6.61. The minimum Gasteiger partial charge on any atom is -0.507 e. The number of hydrogen-bond donors (Lipinski definition) is 1. The molecule has 1 N–H and O–H groups in total. The van der Waals surface area contributed by atoms with Crippen LogP contribution >= 0.6 is 0 Å². The number of aromatic hydroxyl groups is 1. The fourth-order valence-corrected chi connectivity index (χ4v) is 6.61. The van der Waals surface area contributed by atoms with Crippen molar-refractivity contribution < 1.29 is 9.52 Å². The Kier molecular flexibility index (Phi) is 6.22. The van der Waals surface area contributed by atoms with Gasteiger partial charge in [-0.05, 0) is 53.6 Å². The van der Waals surface area contributed by atoms with Gasteiger partial charge < -0.3 is 9.52 Å². The second-order valence-corrected chi connectivity index (χ2v) is 11.6. The number of phenols is 1. The van der Waals surface area contributed by atoms with E-state index < -0.39 is 0 Å². The molecular weight excluding hydrogens is 578 g/mol. The fraction of sp³-hybridized carbons (Fsp3) is 0. The molecule has 0 saturated heterocycles. The first-order valence-corrected chi connectivity index (χ1v) is 15.6. The number of benzene rings is 6. The molecule has 0 atom stereocenters. The van der Waals surface area contributed by atoms with Gasteiger partial charge in [0.05, 0.1) is 28.0 Å². The number of rotatable bonds is 5. The number of nitrogens with zero attached hydrogens (tertiary/aromatic N) is 3. The zero-order valence-electron chi connectivity index (χ0n) is 25.2. The molecule has 0 aliphatic carbocycles. The topological polar surface area (TPSA) is 64.1 Å². The second kappa shape index (κ2) is 10.9. The van der Waals surface area contributed by atoms with Crippen molar-refractivity contribution in [2.75, 3.05) is 0 Å². The van der Waals surface area contributed by atoms with Crippen LogP contribution in [-0.4, -0.2) is 19.6 Å². The molecule has 0 bridgehead atoms. The monoisotopic (exact) mass is 605 g/mol. The van der Waals surface area contributed by atoms with E-state index in [1.54, 1.807) is 6.07 Å². The lowest BCUT2D eigenvalue weighted by atomic mass is 10.00. The molecule has 9 rings (SSSR count). The predicted molar refractivity (Wildman–Crippen MR) is 190 cm³/mol. The Morgan fingerprint density at radius 3 is 2.17 bits per heavy atom. The van der Waals surface area contributed by atoms with E-state index in [9.17, 15) is 5.11 Å². The van der Waals surface area contributed by atoms with Crippen molar-refractivity contribution in [3.05, 3.63) is 158 Å². The van der Waals surface area contributed by atoms with Gasteiger partial charge in [0.25, 0.3) is 0 Å². The lowest BCUT2D eigenvalue weighted by Crippen LogP contribution is -2.00. The van der Waals surface area contributed by atoms with Gasteiger partial charge in [-0.3, -0.25) is 9.55 Å². The summed E-state index contributed by atoms with van der Waals surface area (Å²) in [4.78, 5) is 9.94. The number of fused-ring (bicyclic) bond motifs is 4. The van der Waals surface area contributed by atoms with Crippen molar-refractivity contribution in [2.45, 2.75) is 0 Å². The van der Waals surface area contributed by atoms with Crippen molar-refractivity contribution in [3.63, 3.8) is 0 Å².